The molecule has 0 spiro atoms. The summed E-state index contributed by atoms with van der Waals surface area (Å²) in [6, 6.07) is 1.98. The lowest BCUT2D eigenvalue weighted by molar-refractivity contribution is 0.0932. The standard InChI is InChI=1S/C14H23NO2S/c1-5-11-8-12(18-10(11)2)13(17)15-9-14(3,4)6-7-16/h8,16H,5-7,9H2,1-4H3,(H,15,17). The number of carbonyl (C=O) groups excluding carboxylic acids is 1. The Morgan fingerprint density at radius 3 is 2.67 bits per heavy atom. The molecule has 1 amide bonds. The molecule has 0 radical (unpaired) electrons. The number of aryl methyl sites for hydroxylation is 2. The summed E-state index contributed by atoms with van der Waals surface area (Å²) >= 11 is 1.55. The summed E-state index contributed by atoms with van der Waals surface area (Å²) in [5.74, 6) is -0.00573. The van der Waals surface area contributed by atoms with Crippen molar-refractivity contribution in [3.63, 3.8) is 0 Å². The molecular formula is C14H23NO2S. The summed E-state index contributed by atoms with van der Waals surface area (Å²) in [7, 11) is 0. The summed E-state index contributed by atoms with van der Waals surface area (Å²) in [5, 5.41) is 11.9. The zero-order chi connectivity index (χ0) is 13.8. The topological polar surface area (TPSA) is 49.3 Å². The van der Waals surface area contributed by atoms with Gasteiger partial charge in [-0.05, 0) is 36.8 Å². The van der Waals surface area contributed by atoms with Gasteiger partial charge in [0.15, 0.2) is 0 Å². The Morgan fingerprint density at radius 2 is 2.17 bits per heavy atom. The Hall–Kier alpha value is -0.870. The number of aliphatic hydroxyl groups is 1. The highest BCUT2D eigenvalue weighted by molar-refractivity contribution is 7.14. The Kier molecular flexibility index (Phi) is 5.35. The lowest BCUT2D eigenvalue weighted by atomic mass is 9.90. The fraction of sp³-hybridized carbons (Fsp3) is 0.643. The molecule has 1 aromatic rings. The second kappa shape index (κ2) is 6.34. The molecule has 18 heavy (non-hydrogen) atoms. The second-order valence-corrected chi connectivity index (χ2v) is 6.62. The van der Waals surface area contributed by atoms with Crippen molar-refractivity contribution in [3.05, 3.63) is 21.4 Å². The van der Waals surface area contributed by atoms with Crippen LogP contribution in [0.3, 0.4) is 0 Å². The number of hydrogen-bond donors (Lipinski definition) is 2. The summed E-state index contributed by atoms with van der Waals surface area (Å²) in [6.45, 7) is 8.98. The van der Waals surface area contributed by atoms with Crippen LogP contribution < -0.4 is 5.32 Å². The van der Waals surface area contributed by atoms with E-state index in [0.717, 1.165) is 11.3 Å². The minimum atomic E-state index is -0.0652. The lowest BCUT2D eigenvalue weighted by Gasteiger charge is -2.23. The molecule has 0 aliphatic rings. The van der Waals surface area contributed by atoms with E-state index in [9.17, 15) is 4.79 Å². The molecule has 0 saturated carbocycles. The van der Waals surface area contributed by atoms with Gasteiger partial charge in [0.1, 0.15) is 0 Å². The van der Waals surface area contributed by atoms with E-state index >= 15 is 0 Å². The van der Waals surface area contributed by atoms with E-state index in [1.165, 1.54) is 10.4 Å². The van der Waals surface area contributed by atoms with Gasteiger partial charge >= 0.3 is 0 Å². The number of thiophene rings is 1. The van der Waals surface area contributed by atoms with Gasteiger partial charge in [-0.3, -0.25) is 4.79 Å². The molecule has 0 saturated heterocycles. The van der Waals surface area contributed by atoms with E-state index in [1.54, 1.807) is 11.3 Å². The molecule has 4 heteroatoms. The van der Waals surface area contributed by atoms with E-state index in [2.05, 4.69) is 19.2 Å². The van der Waals surface area contributed by atoms with E-state index < -0.39 is 0 Å². The van der Waals surface area contributed by atoms with Crippen molar-refractivity contribution in [2.75, 3.05) is 13.2 Å². The molecule has 0 bridgehead atoms. The van der Waals surface area contributed by atoms with Crippen LogP contribution in [0, 0.1) is 12.3 Å². The molecule has 0 unspecified atom stereocenters. The molecule has 0 aliphatic carbocycles. The Bertz CT molecular complexity index is 410. The van der Waals surface area contributed by atoms with Crippen LogP contribution in [0.5, 0.6) is 0 Å². The predicted molar refractivity (Wildman–Crippen MR) is 76.3 cm³/mol. The first-order valence-corrected chi connectivity index (χ1v) is 7.19. The third-order valence-corrected chi connectivity index (χ3v) is 4.23. The zero-order valence-corrected chi connectivity index (χ0v) is 12.5. The van der Waals surface area contributed by atoms with Gasteiger partial charge in [-0.25, -0.2) is 0 Å². The highest BCUT2D eigenvalue weighted by Gasteiger charge is 2.19. The molecular weight excluding hydrogens is 246 g/mol. The maximum Gasteiger partial charge on any atom is 0.261 e. The van der Waals surface area contributed by atoms with Crippen molar-refractivity contribution < 1.29 is 9.90 Å². The molecule has 1 heterocycles. The third kappa shape index (κ3) is 4.10. The number of rotatable bonds is 6. The van der Waals surface area contributed by atoms with E-state index in [1.807, 2.05) is 19.9 Å². The van der Waals surface area contributed by atoms with Gasteiger partial charge in [-0.1, -0.05) is 20.8 Å². The maximum atomic E-state index is 12.0. The van der Waals surface area contributed by atoms with Crippen LogP contribution in [0.1, 0.15) is 47.3 Å². The fourth-order valence-corrected chi connectivity index (χ4v) is 2.81. The second-order valence-electron chi connectivity index (χ2n) is 5.37. The number of aliphatic hydroxyl groups excluding tert-OH is 1. The van der Waals surface area contributed by atoms with Crippen LogP contribution in [0.4, 0.5) is 0 Å². The SMILES string of the molecule is CCc1cc(C(=O)NCC(C)(C)CCO)sc1C. The van der Waals surface area contributed by atoms with E-state index in [4.69, 9.17) is 5.11 Å². The third-order valence-electron chi connectivity index (χ3n) is 3.14. The van der Waals surface area contributed by atoms with Crippen LogP contribution in [0.2, 0.25) is 0 Å². The van der Waals surface area contributed by atoms with Gasteiger partial charge in [0.2, 0.25) is 0 Å². The molecule has 0 aromatic carbocycles. The van der Waals surface area contributed by atoms with Crippen LogP contribution in [0.25, 0.3) is 0 Å². The van der Waals surface area contributed by atoms with Gasteiger partial charge in [0, 0.05) is 18.0 Å². The summed E-state index contributed by atoms with van der Waals surface area (Å²) in [6.07, 6.45) is 1.66. The molecule has 102 valence electrons. The highest BCUT2D eigenvalue weighted by Crippen LogP contribution is 2.23. The van der Waals surface area contributed by atoms with Gasteiger partial charge in [0.25, 0.3) is 5.91 Å². The quantitative estimate of drug-likeness (QED) is 0.834. The maximum absolute atomic E-state index is 12.0. The number of nitrogens with one attached hydrogen (secondary N) is 1. The first-order valence-electron chi connectivity index (χ1n) is 6.38. The molecule has 1 aromatic heterocycles. The first-order chi connectivity index (χ1) is 8.39. The van der Waals surface area contributed by atoms with Crippen molar-refractivity contribution in [1.29, 1.82) is 0 Å². The smallest absolute Gasteiger partial charge is 0.261 e. The zero-order valence-electron chi connectivity index (χ0n) is 11.7. The molecule has 3 nitrogen and oxygen atoms in total. The number of hydrogen-bond acceptors (Lipinski definition) is 3. The van der Waals surface area contributed by atoms with Crippen molar-refractivity contribution in [2.24, 2.45) is 5.41 Å². The van der Waals surface area contributed by atoms with Gasteiger partial charge in [-0.2, -0.15) is 0 Å². The minimum Gasteiger partial charge on any atom is -0.396 e. The van der Waals surface area contributed by atoms with Crippen molar-refractivity contribution in [3.8, 4) is 0 Å². The fourth-order valence-electron chi connectivity index (χ4n) is 1.78. The summed E-state index contributed by atoms with van der Waals surface area (Å²) in [5.41, 5.74) is 1.18. The van der Waals surface area contributed by atoms with E-state index in [-0.39, 0.29) is 17.9 Å². The average Bonchev–Trinajstić information content (AvgIpc) is 2.67. The Morgan fingerprint density at radius 1 is 1.50 bits per heavy atom. The number of amides is 1. The Labute approximate surface area is 113 Å². The normalized spacial score (nSPS) is 11.6. The average molecular weight is 269 g/mol. The van der Waals surface area contributed by atoms with Gasteiger partial charge in [0.05, 0.1) is 4.88 Å². The molecule has 2 N–H and O–H groups in total. The van der Waals surface area contributed by atoms with Crippen LogP contribution in [-0.2, 0) is 6.42 Å². The number of carbonyl (C=O) groups is 1. The molecule has 0 atom stereocenters. The van der Waals surface area contributed by atoms with Crippen molar-refractivity contribution in [2.45, 2.75) is 40.5 Å². The van der Waals surface area contributed by atoms with Crippen molar-refractivity contribution in [1.82, 2.24) is 5.32 Å². The molecule has 0 aliphatic heterocycles. The molecule has 1 rings (SSSR count). The summed E-state index contributed by atoms with van der Waals surface area (Å²) < 4.78 is 0. The van der Waals surface area contributed by atoms with Crippen molar-refractivity contribution >= 4 is 17.2 Å². The van der Waals surface area contributed by atoms with E-state index in [0.29, 0.717) is 13.0 Å². The monoisotopic (exact) mass is 269 g/mol. The lowest BCUT2D eigenvalue weighted by Crippen LogP contribution is -2.34. The van der Waals surface area contributed by atoms with Crippen LogP contribution in [0.15, 0.2) is 6.07 Å². The predicted octanol–water partition coefficient (Wildman–Crippen LogP) is 2.76. The first kappa shape index (κ1) is 15.2. The molecule has 0 fully saturated rings. The van der Waals surface area contributed by atoms with Crippen LogP contribution in [-0.4, -0.2) is 24.2 Å². The Balaban J connectivity index is 2.60. The minimum absolute atomic E-state index is 0.00573. The van der Waals surface area contributed by atoms with Gasteiger partial charge in [-0.15, -0.1) is 11.3 Å². The highest BCUT2D eigenvalue weighted by atomic mass is 32.1. The van der Waals surface area contributed by atoms with Crippen LogP contribution >= 0.6 is 11.3 Å². The van der Waals surface area contributed by atoms with Gasteiger partial charge < -0.3 is 10.4 Å². The summed E-state index contributed by atoms with van der Waals surface area (Å²) in [4.78, 5) is 14.0. The largest absolute Gasteiger partial charge is 0.396 e.